The second kappa shape index (κ2) is 7.79. The summed E-state index contributed by atoms with van der Waals surface area (Å²) in [6.45, 7) is 2.01. The van der Waals surface area contributed by atoms with Crippen LogP contribution in [-0.4, -0.2) is 24.2 Å². The third kappa shape index (κ3) is 5.36. The van der Waals surface area contributed by atoms with Crippen LogP contribution in [0.25, 0.3) is 0 Å². The fourth-order valence-electron chi connectivity index (χ4n) is 1.57. The van der Waals surface area contributed by atoms with E-state index in [1.807, 2.05) is 13.0 Å². The molecule has 0 spiro atoms. The Kier molecular flexibility index (Phi) is 6.36. The van der Waals surface area contributed by atoms with Gasteiger partial charge in [0.25, 0.3) is 0 Å². The van der Waals surface area contributed by atoms with Crippen molar-refractivity contribution in [2.45, 2.75) is 25.9 Å². The summed E-state index contributed by atoms with van der Waals surface area (Å²) in [5.74, 6) is -2.29. The van der Waals surface area contributed by atoms with E-state index in [4.69, 9.17) is 23.1 Å². The molecule has 0 unspecified atom stereocenters. The number of aryl methyl sites for hydroxylation is 1. The van der Waals surface area contributed by atoms with Crippen LogP contribution in [0.2, 0.25) is 5.02 Å². The first-order valence-corrected chi connectivity index (χ1v) is 6.68. The predicted molar refractivity (Wildman–Crippen MR) is 82.3 cm³/mol. The van der Waals surface area contributed by atoms with Crippen LogP contribution < -0.4 is 11.5 Å². The summed E-state index contributed by atoms with van der Waals surface area (Å²) in [6.07, 6.45) is -1.76. The number of hydrogen-bond acceptors (Lipinski definition) is 2. The Morgan fingerprint density at radius 2 is 2.00 bits per heavy atom. The summed E-state index contributed by atoms with van der Waals surface area (Å²) in [4.78, 5) is 2.91. The van der Waals surface area contributed by atoms with Gasteiger partial charge in [0.05, 0.1) is 6.21 Å². The molecule has 0 heterocycles. The Labute approximate surface area is 130 Å². The van der Waals surface area contributed by atoms with Crippen molar-refractivity contribution < 1.29 is 13.2 Å². The maximum Gasteiger partial charge on any atom is 0.449 e. The predicted octanol–water partition coefficient (Wildman–Crippen LogP) is 2.86. The molecule has 0 saturated carbocycles. The molecule has 0 amide bonds. The number of benzene rings is 1. The van der Waals surface area contributed by atoms with Gasteiger partial charge in [-0.05, 0) is 18.1 Å². The van der Waals surface area contributed by atoms with E-state index in [0.29, 0.717) is 10.6 Å². The van der Waals surface area contributed by atoms with E-state index in [-0.39, 0.29) is 0 Å². The van der Waals surface area contributed by atoms with Crippen molar-refractivity contribution in [2.75, 3.05) is 0 Å². The fraction of sp³-hybridized carbons (Fsp3) is 0.308. The van der Waals surface area contributed by atoms with Gasteiger partial charge in [-0.25, -0.2) is 0 Å². The molecule has 9 heteroatoms. The van der Waals surface area contributed by atoms with Crippen molar-refractivity contribution in [3.63, 3.8) is 0 Å². The lowest BCUT2D eigenvalue weighted by Gasteiger charge is -2.05. The van der Waals surface area contributed by atoms with Gasteiger partial charge in [0.1, 0.15) is 0 Å². The normalized spacial score (nSPS) is 13.9. The number of halogens is 4. The monoisotopic (exact) mass is 333 g/mol. The maximum absolute atomic E-state index is 12.2. The van der Waals surface area contributed by atoms with Crippen molar-refractivity contribution in [1.29, 1.82) is 0 Å². The molecule has 1 rings (SSSR count). The van der Waals surface area contributed by atoms with Crippen molar-refractivity contribution in [3.05, 3.63) is 34.3 Å². The van der Waals surface area contributed by atoms with Crippen LogP contribution in [0, 0.1) is 0 Å². The van der Waals surface area contributed by atoms with Gasteiger partial charge in [0.2, 0.25) is 11.8 Å². The zero-order chi connectivity index (χ0) is 16.8. The molecule has 0 fully saturated rings. The summed E-state index contributed by atoms with van der Waals surface area (Å²) in [7, 11) is 0. The van der Waals surface area contributed by atoms with Gasteiger partial charge in [-0.15, -0.1) is 5.10 Å². The van der Waals surface area contributed by atoms with Crippen molar-refractivity contribution in [1.82, 2.24) is 0 Å². The molecule has 0 saturated heterocycles. The van der Waals surface area contributed by atoms with Gasteiger partial charge in [-0.1, -0.05) is 37.1 Å². The highest BCUT2D eigenvalue weighted by atomic mass is 35.5. The Hall–Kier alpha value is -2.09. The van der Waals surface area contributed by atoms with Crippen molar-refractivity contribution >= 4 is 29.6 Å². The summed E-state index contributed by atoms with van der Waals surface area (Å²) in [5, 5.41) is 7.42. The number of alkyl halides is 3. The number of hydrogen-bond donors (Lipinski definition) is 2. The highest BCUT2D eigenvalue weighted by Crippen LogP contribution is 2.19. The first-order valence-electron chi connectivity index (χ1n) is 6.31. The number of rotatable bonds is 4. The number of amidine groups is 1. The molecule has 0 radical (unpaired) electrons. The largest absolute Gasteiger partial charge is 0.449 e. The molecule has 4 N–H and O–H groups in total. The third-order valence-corrected chi connectivity index (χ3v) is 2.86. The maximum atomic E-state index is 12.2. The van der Waals surface area contributed by atoms with Gasteiger partial charge in [-0.2, -0.15) is 23.3 Å². The lowest BCUT2D eigenvalue weighted by molar-refractivity contribution is -0.0597. The minimum atomic E-state index is -4.76. The lowest BCUT2D eigenvalue weighted by atomic mass is 10.0. The Balaban J connectivity index is 2.96. The van der Waals surface area contributed by atoms with Gasteiger partial charge >= 0.3 is 6.18 Å². The first-order chi connectivity index (χ1) is 10.3. The van der Waals surface area contributed by atoms with Crippen LogP contribution in [0.1, 0.15) is 24.5 Å². The van der Waals surface area contributed by atoms with E-state index in [1.165, 1.54) is 6.21 Å². The second-order valence-electron chi connectivity index (χ2n) is 4.26. The number of nitrogens with two attached hydrogens (primary N) is 2. The van der Waals surface area contributed by atoms with E-state index in [9.17, 15) is 13.2 Å². The summed E-state index contributed by atoms with van der Waals surface area (Å²) in [6, 6.07) is 5.36. The van der Waals surface area contributed by atoms with E-state index in [1.54, 1.807) is 12.1 Å². The number of aliphatic imine (C=N–C) groups is 1. The standard InChI is InChI=1S/C13H15ClF3N5/c1-2-4-8-5-3-6-10(14)9(8)7-20-22-12(19)21-11(18)13(15,16)17/h3,5-7H,2,4H2,1H3,(H4,18,19,21,22)/b20-7+. The van der Waals surface area contributed by atoms with Gasteiger partial charge in [-0.3, -0.25) is 0 Å². The quantitative estimate of drug-likeness (QED) is 0.504. The smallest absolute Gasteiger partial charge is 0.379 e. The van der Waals surface area contributed by atoms with Crippen LogP contribution in [-0.2, 0) is 6.42 Å². The topological polar surface area (TPSA) is 89.1 Å². The zero-order valence-electron chi connectivity index (χ0n) is 11.7. The number of guanidine groups is 1. The van der Waals surface area contributed by atoms with Crippen LogP contribution in [0.4, 0.5) is 13.2 Å². The molecule has 0 aliphatic carbocycles. The Bertz CT molecular complexity index is 608. The first kappa shape index (κ1) is 18.0. The molecular formula is C13H15ClF3N5. The molecule has 5 nitrogen and oxygen atoms in total. The molecule has 1 aromatic rings. The highest BCUT2D eigenvalue weighted by Gasteiger charge is 2.33. The molecule has 0 aliphatic heterocycles. The SMILES string of the molecule is CCCc1cccc(Cl)c1/C=N/N=C(N)\N=C(/N)C(F)(F)F. The average Bonchev–Trinajstić information content (AvgIpc) is 2.41. The molecule has 0 atom stereocenters. The summed E-state index contributed by atoms with van der Waals surface area (Å²) >= 11 is 6.06. The second-order valence-corrected chi connectivity index (χ2v) is 4.67. The molecule has 1 aromatic carbocycles. The molecule has 22 heavy (non-hydrogen) atoms. The summed E-state index contributed by atoms with van der Waals surface area (Å²) in [5.41, 5.74) is 11.5. The molecule has 0 aliphatic rings. The molecule has 120 valence electrons. The van der Waals surface area contributed by atoms with E-state index >= 15 is 0 Å². The van der Waals surface area contributed by atoms with E-state index in [2.05, 4.69) is 15.2 Å². The summed E-state index contributed by atoms with van der Waals surface area (Å²) < 4.78 is 36.5. The highest BCUT2D eigenvalue weighted by molar-refractivity contribution is 6.33. The van der Waals surface area contributed by atoms with Gasteiger partial charge in [0.15, 0.2) is 0 Å². The Morgan fingerprint density at radius 3 is 2.59 bits per heavy atom. The third-order valence-electron chi connectivity index (χ3n) is 2.54. The van der Waals surface area contributed by atoms with Crippen LogP contribution in [0.15, 0.2) is 33.4 Å². The number of nitrogens with zero attached hydrogens (tertiary/aromatic N) is 3. The zero-order valence-corrected chi connectivity index (χ0v) is 12.5. The fourth-order valence-corrected chi connectivity index (χ4v) is 1.81. The minimum absolute atomic E-state index is 0.460. The van der Waals surface area contributed by atoms with Crippen LogP contribution in [0.5, 0.6) is 0 Å². The van der Waals surface area contributed by atoms with Crippen molar-refractivity contribution in [2.24, 2.45) is 26.7 Å². The Morgan fingerprint density at radius 1 is 1.32 bits per heavy atom. The molecule has 0 aromatic heterocycles. The van der Waals surface area contributed by atoms with E-state index < -0.39 is 18.0 Å². The van der Waals surface area contributed by atoms with Crippen LogP contribution in [0.3, 0.4) is 0 Å². The average molecular weight is 334 g/mol. The minimum Gasteiger partial charge on any atom is -0.379 e. The van der Waals surface area contributed by atoms with Gasteiger partial charge < -0.3 is 11.5 Å². The lowest BCUT2D eigenvalue weighted by Crippen LogP contribution is -2.33. The molecular weight excluding hydrogens is 319 g/mol. The van der Waals surface area contributed by atoms with Crippen LogP contribution >= 0.6 is 11.6 Å². The van der Waals surface area contributed by atoms with Crippen molar-refractivity contribution in [3.8, 4) is 0 Å². The van der Waals surface area contributed by atoms with Gasteiger partial charge in [0, 0.05) is 10.6 Å². The van der Waals surface area contributed by atoms with E-state index in [0.717, 1.165) is 18.4 Å². The molecule has 0 bridgehead atoms.